The molecule has 0 amide bonds. The molecule has 3 heteroatoms. The molecular formula is C10H12O3. The van der Waals surface area contributed by atoms with Gasteiger partial charge in [0.2, 0.25) is 0 Å². The van der Waals surface area contributed by atoms with Gasteiger partial charge >= 0.3 is 0 Å². The summed E-state index contributed by atoms with van der Waals surface area (Å²) < 4.78 is 0. The molecule has 70 valence electrons. The van der Waals surface area contributed by atoms with E-state index in [4.69, 9.17) is 0 Å². The second kappa shape index (κ2) is 3.01. The number of phenols is 1. The molecule has 3 nitrogen and oxygen atoms in total. The van der Waals surface area contributed by atoms with Crippen LogP contribution in [0.25, 0.3) is 0 Å². The molecule has 13 heavy (non-hydrogen) atoms. The average molecular weight is 180 g/mol. The molecule has 0 aliphatic heterocycles. The van der Waals surface area contributed by atoms with Gasteiger partial charge in [0.25, 0.3) is 0 Å². The van der Waals surface area contributed by atoms with Gasteiger partial charge in [-0.3, -0.25) is 0 Å². The third kappa shape index (κ3) is 1.30. The monoisotopic (exact) mass is 180 g/mol. The molecule has 0 radical (unpaired) electrons. The van der Waals surface area contributed by atoms with Crippen molar-refractivity contribution in [3.8, 4) is 5.75 Å². The number of hydrogen-bond acceptors (Lipinski definition) is 3. The van der Waals surface area contributed by atoms with Crippen molar-refractivity contribution in [2.75, 3.05) is 0 Å². The van der Waals surface area contributed by atoms with Crippen LogP contribution in [-0.4, -0.2) is 21.4 Å². The Labute approximate surface area is 76.3 Å². The highest BCUT2D eigenvalue weighted by Crippen LogP contribution is 2.34. The zero-order valence-corrected chi connectivity index (χ0v) is 7.14. The maximum atomic E-state index is 9.59. The van der Waals surface area contributed by atoms with Gasteiger partial charge in [-0.15, -0.1) is 0 Å². The lowest BCUT2D eigenvalue weighted by Gasteiger charge is -2.26. The molecule has 0 heterocycles. The first kappa shape index (κ1) is 8.53. The first-order valence-corrected chi connectivity index (χ1v) is 4.37. The van der Waals surface area contributed by atoms with E-state index in [9.17, 15) is 15.3 Å². The van der Waals surface area contributed by atoms with Crippen molar-refractivity contribution in [2.24, 2.45) is 0 Å². The van der Waals surface area contributed by atoms with E-state index in [1.165, 1.54) is 0 Å². The topological polar surface area (TPSA) is 60.7 Å². The van der Waals surface area contributed by atoms with Crippen LogP contribution in [0, 0.1) is 0 Å². The highest BCUT2D eigenvalue weighted by molar-refractivity contribution is 5.42. The summed E-state index contributed by atoms with van der Waals surface area (Å²) in [5.74, 6) is 0.212. The van der Waals surface area contributed by atoms with Gasteiger partial charge in [0.1, 0.15) is 11.9 Å². The maximum Gasteiger partial charge on any atom is 0.119 e. The van der Waals surface area contributed by atoms with Crippen molar-refractivity contribution in [3.05, 3.63) is 29.3 Å². The third-order valence-corrected chi connectivity index (χ3v) is 2.56. The minimum absolute atomic E-state index is 0.212. The molecule has 1 aromatic carbocycles. The molecule has 1 aliphatic carbocycles. The Bertz CT molecular complexity index is 322. The van der Waals surface area contributed by atoms with Gasteiger partial charge in [-0.05, 0) is 30.0 Å². The van der Waals surface area contributed by atoms with Crippen molar-refractivity contribution in [1.82, 2.24) is 0 Å². The molecule has 2 atom stereocenters. The highest BCUT2D eigenvalue weighted by Gasteiger charge is 2.27. The maximum absolute atomic E-state index is 9.59. The zero-order valence-electron chi connectivity index (χ0n) is 7.14. The number of benzene rings is 1. The van der Waals surface area contributed by atoms with Crippen molar-refractivity contribution >= 4 is 0 Å². The Morgan fingerprint density at radius 2 is 2.00 bits per heavy atom. The van der Waals surface area contributed by atoms with E-state index in [0.717, 1.165) is 5.56 Å². The van der Waals surface area contributed by atoms with Crippen LogP contribution in [0.2, 0.25) is 0 Å². The Hall–Kier alpha value is -1.06. The number of hydrogen-bond donors (Lipinski definition) is 3. The molecule has 0 saturated carbocycles. The van der Waals surface area contributed by atoms with Crippen LogP contribution >= 0.6 is 0 Å². The lowest BCUT2D eigenvalue weighted by Crippen LogP contribution is -2.24. The van der Waals surface area contributed by atoms with E-state index in [1.807, 2.05) is 0 Å². The molecule has 1 aliphatic rings. The van der Waals surface area contributed by atoms with Crippen molar-refractivity contribution in [3.63, 3.8) is 0 Å². The van der Waals surface area contributed by atoms with E-state index in [1.54, 1.807) is 18.2 Å². The SMILES string of the molecule is Oc1cccc2c1CC[C@@H](O)[C@@H]2O. The van der Waals surface area contributed by atoms with Gasteiger partial charge in [-0.25, -0.2) is 0 Å². The minimum Gasteiger partial charge on any atom is -0.508 e. The molecule has 0 spiro atoms. The molecule has 3 N–H and O–H groups in total. The summed E-state index contributed by atoms with van der Waals surface area (Å²) in [6.07, 6.45) is -0.420. The number of aliphatic hydroxyl groups is 2. The molecule has 0 unspecified atom stereocenters. The summed E-state index contributed by atoms with van der Waals surface area (Å²) in [5, 5.41) is 28.4. The Balaban J connectivity index is 2.49. The van der Waals surface area contributed by atoms with Crippen LogP contribution in [0.3, 0.4) is 0 Å². The number of phenolic OH excluding ortho intramolecular Hbond substituents is 1. The normalized spacial score (nSPS) is 26.9. The summed E-state index contributed by atoms with van der Waals surface area (Å²) >= 11 is 0. The smallest absolute Gasteiger partial charge is 0.119 e. The first-order chi connectivity index (χ1) is 6.20. The van der Waals surface area contributed by atoms with Crippen LogP contribution in [0.4, 0.5) is 0 Å². The fraction of sp³-hybridized carbons (Fsp3) is 0.400. The predicted octanol–water partition coefficient (Wildman–Crippen LogP) is 0.733. The lowest BCUT2D eigenvalue weighted by atomic mass is 9.87. The van der Waals surface area contributed by atoms with E-state index in [2.05, 4.69) is 0 Å². The van der Waals surface area contributed by atoms with Gasteiger partial charge in [0.05, 0.1) is 6.10 Å². The number of rotatable bonds is 0. The van der Waals surface area contributed by atoms with Gasteiger partial charge in [0.15, 0.2) is 0 Å². The van der Waals surface area contributed by atoms with Crippen molar-refractivity contribution in [2.45, 2.75) is 25.0 Å². The van der Waals surface area contributed by atoms with Gasteiger partial charge in [0, 0.05) is 0 Å². The molecule has 0 saturated heterocycles. The van der Waals surface area contributed by atoms with Gasteiger partial charge in [-0.1, -0.05) is 12.1 Å². The number of aromatic hydroxyl groups is 1. The fourth-order valence-corrected chi connectivity index (χ4v) is 1.80. The zero-order chi connectivity index (χ0) is 9.42. The molecule has 2 rings (SSSR count). The largest absolute Gasteiger partial charge is 0.508 e. The van der Waals surface area contributed by atoms with Gasteiger partial charge < -0.3 is 15.3 Å². The second-order valence-corrected chi connectivity index (χ2v) is 3.40. The summed E-state index contributed by atoms with van der Waals surface area (Å²) in [6, 6.07) is 5.01. The van der Waals surface area contributed by atoms with Crippen molar-refractivity contribution < 1.29 is 15.3 Å². The number of aliphatic hydroxyl groups excluding tert-OH is 2. The summed E-state index contributed by atoms with van der Waals surface area (Å²) in [5.41, 5.74) is 1.42. The van der Waals surface area contributed by atoms with E-state index in [-0.39, 0.29) is 5.75 Å². The van der Waals surface area contributed by atoms with Crippen molar-refractivity contribution in [1.29, 1.82) is 0 Å². The minimum atomic E-state index is -0.851. The van der Waals surface area contributed by atoms with Crippen LogP contribution in [0.15, 0.2) is 18.2 Å². The molecule has 1 aromatic rings. The Morgan fingerprint density at radius 3 is 2.77 bits per heavy atom. The van der Waals surface area contributed by atoms with E-state index >= 15 is 0 Å². The molecule has 0 fully saturated rings. The average Bonchev–Trinajstić information content (AvgIpc) is 2.12. The van der Waals surface area contributed by atoms with E-state index in [0.29, 0.717) is 18.4 Å². The highest BCUT2D eigenvalue weighted by atomic mass is 16.3. The second-order valence-electron chi connectivity index (χ2n) is 3.40. The number of fused-ring (bicyclic) bond motifs is 1. The Morgan fingerprint density at radius 1 is 1.23 bits per heavy atom. The third-order valence-electron chi connectivity index (χ3n) is 2.56. The van der Waals surface area contributed by atoms with Crippen LogP contribution in [0.5, 0.6) is 5.75 Å². The summed E-state index contributed by atoms with van der Waals surface area (Å²) in [7, 11) is 0. The predicted molar refractivity (Wildman–Crippen MR) is 47.4 cm³/mol. The summed E-state index contributed by atoms with van der Waals surface area (Å²) in [6.45, 7) is 0. The molecular weight excluding hydrogens is 168 g/mol. The van der Waals surface area contributed by atoms with E-state index < -0.39 is 12.2 Å². The molecule has 0 aromatic heterocycles. The molecule has 0 bridgehead atoms. The quantitative estimate of drug-likeness (QED) is 0.551. The lowest BCUT2D eigenvalue weighted by molar-refractivity contribution is 0.00614. The Kier molecular flexibility index (Phi) is 1.98. The van der Waals surface area contributed by atoms with Gasteiger partial charge in [-0.2, -0.15) is 0 Å². The fourth-order valence-electron chi connectivity index (χ4n) is 1.80. The summed E-state index contributed by atoms with van der Waals surface area (Å²) in [4.78, 5) is 0. The standard InChI is InChI=1S/C10H12O3/c11-8-3-1-2-7-6(8)4-5-9(12)10(7)13/h1-3,9-13H,4-5H2/t9-,10-/m1/s1. The van der Waals surface area contributed by atoms with Crippen LogP contribution < -0.4 is 0 Å². The van der Waals surface area contributed by atoms with Crippen LogP contribution in [0.1, 0.15) is 23.7 Å². The first-order valence-electron chi connectivity index (χ1n) is 4.37. The van der Waals surface area contributed by atoms with Crippen LogP contribution in [-0.2, 0) is 6.42 Å².